The normalized spacial score (nSPS) is 10.5. The molecule has 1 nitrogen and oxygen atoms in total. The molecule has 0 unspecified atom stereocenters. The molecule has 2 rings (SSSR count). The van der Waals surface area contributed by atoms with E-state index in [9.17, 15) is 8.78 Å². The van der Waals surface area contributed by atoms with E-state index in [4.69, 9.17) is 5.11 Å². The molecule has 0 bridgehead atoms. The van der Waals surface area contributed by atoms with Crippen LogP contribution in [0.5, 0.6) is 0 Å². The van der Waals surface area contributed by atoms with Crippen molar-refractivity contribution in [2.75, 3.05) is 6.61 Å². The van der Waals surface area contributed by atoms with Gasteiger partial charge in [-0.25, -0.2) is 8.78 Å². The SMILES string of the molecule is OCCc1cc(-c2ccc(F)cc2)ccc1F. The van der Waals surface area contributed by atoms with Crippen molar-refractivity contribution in [3.8, 4) is 11.1 Å². The Morgan fingerprint density at radius 2 is 1.53 bits per heavy atom. The van der Waals surface area contributed by atoms with Gasteiger partial charge in [-0.3, -0.25) is 0 Å². The van der Waals surface area contributed by atoms with Crippen LogP contribution in [-0.2, 0) is 6.42 Å². The average Bonchev–Trinajstić information content (AvgIpc) is 2.33. The van der Waals surface area contributed by atoms with E-state index in [0.29, 0.717) is 5.56 Å². The van der Waals surface area contributed by atoms with Crippen LogP contribution in [0.2, 0.25) is 0 Å². The number of rotatable bonds is 3. The number of aliphatic hydroxyl groups excluding tert-OH is 1. The number of benzene rings is 2. The van der Waals surface area contributed by atoms with E-state index in [0.717, 1.165) is 11.1 Å². The Hall–Kier alpha value is -1.74. The monoisotopic (exact) mass is 234 g/mol. The van der Waals surface area contributed by atoms with Crippen molar-refractivity contribution >= 4 is 0 Å². The molecule has 0 aliphatic heterocycles. The highest BCUT2D eigenvalue weighted by atomic mass is 19.1. The van der Waals surface area contributed by atoms with Gasteiger partial charge >= 0.3 is 0 Å². The Balaban J connectivity index is 2.39. The number of hydrogen-bond acceptors (Lipinski definition) is 1. The maximum absolute atomic E-state index is 13.4. The van der Waals surface area contributed by atoms with Crippen LogP contribution in [0.4, 0.5) is 8.78 Å². The molecule has 0 aliphatic rings. The topological polar surface area (TPSA) is 20.2 Å². The molecule has 88 valence electrons. The Morgan fingerprint density at radius 3 is 2.18 bits per heavy atom. The Labute approximate surface area is 98.3 Å². The molecule has 0 fully saturated rings. The van der Waals surface area contributed by atoms with Crippen LogP contribution < -0.4 is 0 Å². The Bertz CT molecular complexity index is 506. The standard InChI is InChI=1S/C14H12F2O/c15-13-4-1-10(2-5-13)11-3-6-14(16)12(9-11)7-8-17/h1-6,9,17H,7-8H2. The van der Waals surface area contributed by atoms with Gasteiger partial charge in [-0.05, 0) is 47.4 Å². The maximum atomic E-state index is 13.4. The van der Waals surface area contributed by atoms with Crippen LogP contribution in [0.25, 0.3) is 11.1 Å². The molecule has 0 radical (unpaired) electrons. The lowest BCUT2D eigenvalue weighted by Crippen LogP contribution is -1.95. The van der Waals surface area contributed by atoms with Crippen molar-refractivity contribution in [3.05, 3.63) is 59.7 Å². The number of halogens is 2. The largest absolute Gasteiger partial charge is 0.396 e. The molecule has 0 saturated heterocycles. The predicted molar refractivity (Wildman–Crippen MR) is 62.6 cm³/mol. The summed E-state index contributed by atoms with van der Waals surface area (Å²) < 4.78 is 26.1. The molecule has 3 heteroatoms. The Kier molecular flexibility index (Phi) is 3.49. The highest BCUT2D eigenvalue weighted by Gasteiger charge is 2.05. The summed E-state index contributed by atoms with van der Waals surface area (Å²) in [6.45, 7) is -0.0935. The molecule has 0 aliphatic carbocycles. The lowest BCUT2D eigenvalue weighted by atomic mass is 10.0. The summed E-state index contributed by atoms with van der Waals surface area (Å²) in [5.74, 6) is -0.628. The van der Waals surface area contributed by atoms with Crippen molar-refractivity contribution in [1.82, 2.24) is 0 Å². The second-order valence-corrected chi connectivity index (χ2v) is 3.79. The first-order valence-corrected chi connectivity index (χ1v) is 5.36. The molecule has 0 heterocycles. The van der Waals surface area contributed by atoms with Crippen molar-refractivity contribution < 1.29 is 13.9 Å². The third-order valence-electron chi connectivity index (χ3n) is 2.60. The molecule has 0 atom stereocenters. The van der Waals surface area contributed by atoms with E-state index >= 15 is 0 Å². The zero-order valence-electron chi connectivity index (χ0n) is 9.16. The van der Waals surface area contributed by atoms with Gasteiger partial charge < -0.3 is 5.11 Å². The average molecular weight is 234 g/mol. The fourth-order valence-corrected chi connectivity index (χ4v) is 1.71. The molecule has 17 heavy (non-hydrogen) atoms. The third kappa shape index (κ3) is 2.68. The van der Waals surface area contributed by atoms with E-state index in [2.05, 4.69) is 0 Å². The van der Waals surface area contributed by atoms with E-state index in [-0.39, 0.29) is 24.7 Å². The molecule has 0 aromatic heterocycles. The van der Waals surface area contributed by atoms with Crippen LogP contribution in [0.15, 0.2) is 42.5 Å². The summed E-state index contributed by atoms with van der Waals surface area (Å²) in [5.41, 5.74) is 2.11. The van der Waals surface area contributed by atoms with Gasteiger partial charge in [-0.2, -0.15) is 0 Å². The summed E-state index contributed by atoms with van der Waals surface area (Å²) in [7, 11) is 0. The van der Waals surface area contributed by atoms with E-state index in [1.165, 1.54) is 18.2 Å². The Morgan fingerprint density at radius 1 is 0.882 bits per heavy atom. The zero-order chi connectivity index (χ0) is 12.3. The molecular weight excluding hydrogens is 222 g/mol. The number of hydrogen-bond donors (Lipinski definition) is 1. The van der Waals surface area contributed by atoms with Gasteiger partial charge in [0.1, 0.15) is 11.6 Å². The highest BCUT2D eigenvalue weighted by molar-refractivity contribution is 5.64. The molecule has 1 N–H and O–H groups in total. The van der Waals surface area contributed by atoms with Gasteiger partial charge in [0, 0.05) is 6.61 Å². The fraction of sp³-hybridized carbons (Fsp3) is 0.143. The van der Waals surface area contributed by atoms with E-state index in [1.54, 1.807) is 24.3 Å². The summed E-state index contributed by atoms with van der Waals surface area (Å²) in [5, 5.41) is 8.83. The first-order chi connectivity index (χ1) is 8.20. The minimum Gasteiger partial charge on any atom is -0.396 e. The first kappa shape index (κ1) is 11.7. The van der Waals surface area contributed by atoms with Crippen molar-refractivity contribution in [2.24, 2.45) is 0 Å². The quantitative estimate of drug-likeness (QED) is 0.864. The molecule has 0 spiro atoms. The van der Waals surface area contributed by atoms with Crippen LogP contribution in [0.1, 0.15) is 5.56 Å². The lowest BCUT2D eigenvalue weighted by molar-refractivity contribution is 0.297. The maximum Gasteiger partial charge on any atom is 0.126 e. The minimum atomic E-state index is -0.329. The molecule has 2 aromatic rings. The van der Waals surface area contributed by atoms with Gasteiger partial charge in [0.15, 0.2) is 0 Å². The van der Waals surface area contributed by atoms with Crippen LogP contribution in [0, 0.1) is 11.6 Å². The van der Waals surface area contributed by atoms with Crippen molar-refractivity contribution in [3.63, 3.8) is 0 Å². The van der Waals surface area contributed by atoms with Crippen LogP contribution >= 0.6 is 0 Å². The van der Waals surface area contributed by atoms with E-state index < -0.39 is 0 Å². The smallest absolute Gasteiger partial charge is 0.126 e. The predicted octanol–water partition coefficient (Wildman–Crippen LogP) is 3.17. The third-order valence-corrected chi connectivity index (χ3v) is 2.60. The van der Waals surface area contributed by atoms with Gasteiger partial charge in [-0.15, -0.1) is 0 Å². The lowest BCUT2D eigenvalue weighted by Gasteiger charge is -2.06. The summed E-state index contributed by atoms with van der Waals surface area (Å²) in [6, 6.07) is 10.7. The molecule has 0 saturated carbocycles. The van der Waals surface area contributed by atoms with Gasteiger partial charge in [-0.1, -0.05) is 18.2 Å². The minimum absolute atomic E-state index is 0.0935. The zero-order valence-corrected chi connectivity index (χ0v) is 9.16. The van der Waals surface area contributed by atoms with Gasteiger partial charge in [0.25, 0.3) is 0 Å². The second kappa shape index (κ2) is 5.06. The van der Waals surface area contributed by atoms with Gasteiger partial charge in [0.2, 0.25) is 0 Å². The highest BCUT2D eigenvalue weighted by Crippen LogP contribution is 2.22. The fourth-order valence-electron chi connectivity index (χ4n) is 1.71. The molecule has 0 amide bonds. The van der Waals surface area contributed by atoms with Crippen LogP contribution in [0.3, 0.4) is 0 Å². The summed E-state index contributed by atoms with van der Waals surface area (Å²) >= 11 is 0. The summed E-state index contributed by atoms with van der Waals surface area (Å²) in [6.07, 6.45) is 0.279. The van der Waals surface area contributed by atoms with Gasteiger partial charge in [0.05, 0.1) is 0 Å². The molecule has 2 aromatic carbocycles. The van der Waals surface area contributed by atoms with Crippen molar-refractivity contribution in [2.45, 2.75) is 6.42 Å². The summed E-state index contributed by atoms with van der Waals surface area (Å²) in [4.78, 5) is 0. The van der Waals surface area contributed by atoms with E-state index in [1.807, 2.05) is 0 Å². The first-order valence-electron chi connectivity index (χ1n) is 5.36. The van der Waals surface area contributed by atoms with Crippen molar-refractivity contribution in [1.29, 1.82) is 0 Å². The number of aliphatic hydroxyl groups is 1. The second-order valence-electron chi connectivity index (χ2n) is 3.79. The van der Waals surface area contributed by atoms with Crippen LogP contribution in [-0.4, -0.2) is 11.7 Å². The molecular formula is C14H12F2O.